The molecule has 1 amide bonds. The highest BCUT2D eigenvalue weighted by atomic mass is 79.9. The van der Waals surface area contributed by atoms with Crippen LogP contribution in [0, 0.1) is 5.82 Å². The SMILES string of the molecule is O=C(c1cncc(Br)c1)N1CCCC(c2nnc(-c3ccccc3F)s2)C1. The fourth-order valence-electron chi connectivity index (χ4n) is 3.22. The maximum atomic E-state index is 14.0. The third kappa shape index (κ3) is 3.91. The molecule has 1 aromatic carbocycles. The van der Waals surface area contributed by atoms with Gasteiger partial charge in [0.1, 0.15) is 10.8 Å². The summed E-state index contributed by atoms with van der Waals surface area (Å²) in [5.74, 6) is -0.226. The Morgan fingerprint density at radius 3 is 2.93 bits per heavy atom. The molecule has 1 aliphatic rings. The highest BCUT2D eigenvalue weighted by Crippen LogP contribution is 2.33. The first-order valence-electron chi connectivity index (χ1n) is 8.60. The first-order valence-corrected chi connectivity index (χ1v) is 10.2. The Hall–Kier alpha value is -2.19. The van der Waals surface area contributed by atoms with Crippen LogP contribution in [0.2, 0.25) is 0 Å². The van der Waals surface area contributed by atoms with E-state index in [0.717, 1.165) is 22.3 Å². The van der Waals surface area contributed by atoms with Crippen molar-refractivity contribution in [3.8, 4) is 10.6 Å². The standard InChI is InChI=1S/C19H16BrFN4OS/c20-14-8-13(9-22-10-14)19(26)25-7-3-4-12(11-25)17-23-24-18(27-17)15-5-1-2-6-16(15)21/h1-2,5-6,8-10,12H,3-4,7,11H2. The van der Waals surface area contributed by atoms with E-state index in [2.05, 4.69) is 31.1 Å². The summed E-state index contributed by atoms with van der Waals surface area (Å²) in [6.45, 7) is 1.29. The van der Waals surface area contributed by atoms with Gasteiger partial charge in [0.2, 0.25) is 0 Å². The molecule has 2 aromatic heterocycles. The highest BCUT2D eigenvalue weighted by Gasteiger charge is 2.28. The van der Waals surface area contributed by atoms with Crippen LogP contribution < -0.4 is 0 Å². The maximum absolute atomic E-state index is 14.0. The first-order chi connectivity index (χ1) is 13.1. The van der Waals surface area contributed by atoms with E-state index in [9.17, 15) is 9.18 Å². The smallest absolute Gasteiger partial charge is 0.255 e. The van der Waals surface area contributed by atoms with Crippen molar-refractivity contribution in [1.82, 2.24) is 20.1 Å². The molecule has 1 atom stereocenters. The van der Waals surface area contributed by atoms with Crippen LogP contribution >= 0.6 is 27.3 Å². The van der Waals surface area contributed by atoms with E-state index >= 15 is 0 Å². The van der Waals surface area contributed by atoms with Gasteiger partial charge in [-0.1, -0.05) is 23.5 Å². The van der Waals surface area contributed by atoms with Gasteiger partial charge in [-0.25, -0.2) is 4.39 Å². The number of piperidine rings is 1. The summed E-state index contributed by atoms with van der Waals surface area (Å²) in [7, 11) is 0. The number of pyridine rings is 1. The Morgan fingerprint density at radius 2 is 2.11 bits per heavy atom. The molecular weight excluding hydrogens is 431 g/mol. The third-order valence-corrected chi connectivity index (χ3v) is 6.11. The van der Waals surface area contributed by atoms with Gasteiger partial charge in [-0.05, 0) is 47.0 Å². The second kappa shape index (κ2) is 7.82. The molecule has 0 aliphatic carbocycles. The number of aromatic nitrogens is 3. The van der Waals surface area contributed by atoms with E-state index in [1.54, 1.807) is 36.7 Å². The van der Waals surface area contributed by atoms with Crippen LogP contribution in [0.3, 0.4) is 0 Å². The molecule has 4 rings (SSSR count). The van der Waals surface area contributed by atoms with Gasteiger partial charge >= 0.3 is 0 Å². The molecular formula is C19H16BrFN4OS. The molecule has 1 aliphatic heterocycles. The van der Waals surface area contributed by atoms with E-state index in [-0.39, 0.29) is 17.6 Å². The zero-order chi connectivity index (χ0) is 18.8. The minimum Gasteiger partial charge on any atom is -0.338 e. The lowest BCUT2D eigenvalue weighted by molar-refractivity contribution is 0.0706. The van der Waals surface area contributed by atoms with Gasteiger partial charge in [-0.15, -0.1) is 10.2 Å². The molecule has 0 saturated carbocycles. The second-order valence-electron chi connectivity index (χ2n) is 6.41. The van der Waals surface area contributed by atoms with Crippen LogP contribution in [0.15, 0.2) is 47.2 Å². The lowest BCUT2D eigenvalue weighted by atomic mass is 9.98. The highest BCUT2D eigenvalue weighted by molar-refractivity contribution is 9.10. The number of benzene rings is 1. The van der Waals surface area contributed by atoms with Gasteiger partial charge in [-0.2, -0.15) is 0 Å². The van der Waals surface area contributed by atoms with Gasteiger partial charge in [0.25, 0.3) is 5.91 Å². The van der Waals surface area contributed by atoms with Crippen LogP contribution in [-0.2, 0) is 0 Å². The van der Waals surface area contributed by atoms with Crippen molar-refractivity contribution in [2.24, 2.45) is 0 Å². The molecule has 27 heavy (non-hydrogen) atoms. The van der Waals surface area contributed by atoms with Crippen LogP contribution in [-0.4, -0.2) is 39.1 Å². The van der Waals surface area contributed by atoms with Crippen LogP contribution in [0.4, 0.5) is 4.39 Å². The minimum absolute atomic E-state index is 0.0349. The third-order valence-electron chi connectivity index (χ3n) is 4.55. The second-order valence-corrected chi connectivity index (χ2v) is 8.33. The fourth-order valence-corrected chi connectivity index (χ4v) is 4.58. The molecule has 0 radical (unpaired) electrons. The van der Waals surface area contributed by atoms with Gasteiger partial charge < -0.3 is 4.90 Å². The van der Waals surface area contributed by atoms with Gasteiger partial charge in [0, 0.05) is 41.4 Å². The lowest BCUT2D eigenvalue weighted by Crippen LogP contribution is -2.39. The Kier molecular flexibility index (Phi) is 5.27. The number of carbonyl (C=O) groups excluding carboxylic acids is 1. The lowest BCUT2D eigenvalue weighted by Gasteiger charge is -2.31. The van der Waals surface area contributed by atoms with Crippen molar-refractivity contribution in [2.45, 2.75) is 18.8 Å². The first kappa shape index (κ1) is 18.2. The number of carbonyl (C=O) groups is 1. The normalized spacial score (nSPS) is 17.1. The van der Waals surface area contributed by atoms with E-state index in [1.807, 2.05) is 4.90 Å². The topological polar surface area (TPSA) is 59.0 Å². The van der Waals surface area contributed by atoms with Crippen LogP contribution in [0.25, 0.3) is 10.6 Å². The molecule has 138 valence electrons. The number of hydrogen-bond donors (Lipinski definition) is 0. The van der Waals surface area contributed by atoms with Gasteiger partial charge in [-0.3, -0.25) is 9.78 Å². The van der Waals surface area contributed by atoms with Crippen molar-refractivity contribution >= 4 is 33.2 Å². The van der Waals surface area contributed by atoms with E-state index in [4.69, 9.17) is 0 Å². The Bertz CT molecular complexity index is 980. The largest absolute Gasteiger partial charge is 0.338 e. The number of halogens is 2. The number of likely N-dealkylation sites (tertiary alicyclic amines) is 1. The summed E-state index contributed by atoms with van der Waals surface area (Å²) in [6, 6.07) is 8.34. The Labute approximate surface area is 168 Å². The zero-order valence-electron chi connectivity index (χ0n) is 14.3. The summed E-state index contributed by atoms with van der Waals surface area (Å²) < 4.78 is 14.8. The molecule has 0 N–H and O–H groups in total. The molecule has 1 unspecified atom stereocenters. The Balaban J connectivity index is 1.52. The number of amides is 1. The van der Waals surface area contributed by atoms with Crippen LogP contribution in [0.1, 0.15) is 34.1 Å². The van der Waals surface area contributed by atoms with E-state index < -0.39 is 0 Å². The number of nitrogens with zero attached hydrogens (tertiary/aromatic N) is 4. The van der Waals surface area contributed by atoms with Crippen LogP contribution in [0.5, 0.6) is 0 Å². The average Bonchev–Trinajstić information content (AvgIpc) is 3.18. The van der Waals surface area contributed by atoms with E-state index in [1.165, 1.54) is 17.4 Å². The quantitative estimate of drug-likeness (QED) is 0.593. The zero-order valence-corrected chi connectivity index (χ0v) is 16.7. The molecule has 1 fully saturated rings. The summed E-state index contributed by atoms with van der Waals surface area (Å²) in [4.78, 5) is 18.7. The molecule has 8 heteroatoms. The Morgan fingerprint density at radius 1 is 1.26 bits per heavy atom. The summed E-state index contributed by atoms with van der Waals surface area (Å²) in [5, 5.41) is 9.87. The number of hydrogen-bond acceptors (Lipinski definition) is 5. The summed E-state index contributed by atoms with van der Waals surface area (Å²) >= 11 is 4.75. The van der Waals surface area contributed by atoms with Gasteiger partial charge in [0.05, 0.1) is 5.56 Å². The van der Waals surface area contributed by atoms with Crippen molar-refractivity contribution in [2.75, 3.05) is 13.1 Å². The molecule has 3 aromatic rings. The predicted molar refractivity (Wildman–Crippen MR) is 105 cm³/mol. The van der Waals surface area contributed by atoms with Crippen molar-refractivity contribution < 1.29 is 9.18 Å². The fraction of sp³-hybridized carbons (Fsp3) is 0.263. The molecule has 5 nitrogen and oxygen atoms in total. The minimum atomic E-state index is -0.303. The van der Waals surface area contributed by atoms with Crippen molar-refractivity contribution in [3.63, 3.8) is 0 Å². The molecule has 0 bridgehead atoms. The molecule has 0 spiro atoms. The maximum Gasteiger partial charge on any atom is 0.255 e. The molecule has 3 heterocycles. The van der Waals surface area contributed by atoms with Crippen molar-refractivity contribution in [3.05, 3.63) is 63.6 Å². The number of rotatable bonds is 3. The van der Waals surface area contributed by atoms with E-state index in [0.29, 0.717) is 29.2 Å². The monoisotopic (exact) mass is 446 g/mol. The molecule has 1 saturated heterocycles. The summed E-state index contributed by atoms with van der Waals surface area (Å²) in [5.41, 5.74) is 1.03. The predicted octanol–water partition coefficient (Wildman–Crippen LogP) is 4.52. The van der Waals surface area contributed by atoms with Gasteiger partial charge in [0.15, 0.2) is 5.01 Å². The average molecular weight is 447 g/mol. The van der Waals surface area contributed by atoms with Crippen molar-refractivity contribution in [1.29, 1.82) is 0 Å². The summed E-state index contributed by atoms with van der Waals surface area (Å²) in [6.07, 6.45) is 5.07.